The van der Waals surface area contributed by atoms with E-state index in [0.29, 0.717) is 17.4 Å². The molecule has 0 bridgehead atoms. The van der Waals surface area contributed by atoms with Gasteiger partial charge in [0.05, 0.1) is 39.9 Å². The summed E-state index contributed by atoms with van der Waals surface area (Å²) < 4.78 is 23.3. The standard InChI is InChI=1S/C56H109N2O6P/c1-6-8-10-12-14-16-18-20-22-24-26-28-30-31-33-35-37-39-41-43-45-47-49-55(59)54(53-64-65(61,62)63-52-51-58(3,4)5)57-56(60)50-48-46-44-42-40-38-36-34-32-29-27-25-23-21-19-17-15-13-11-9-7-2/h9,11,15,17,47,49,54-55,59H,6-8,10,12-14,16,18-46,48,50-53H2,1-5H3,(H-,57,60,61,62)/b11-9-,17-15-,49-47+. The van der Waals surface area contributed by atoms with E-state index < -0.39 is 20.0 Å². The molecular weight excluding hydrogens is 828 g/mol. The van der Waals surface area contributed by atoms with Crippen LogP contribution in [0.3, 0.4) is 0 Å². The second-order valence-corrected chi connectivity index (χ2v) is 21.7. The number of hydrogen-bond acceptors (Lipinski definition) is 6. The van der Waals surface area contributed by atoms with Crippen LogP contribution in [0.15, 0.2) is 36.5 Å². The first-order chi connectivity index (χ1) is 31.5. The van der Waals surface area contributed by atoms with Gasteiger partial charge in [-0.15, -0.1) is 0 Å². The smallest absolute Gasteiger partial charge is 0.268 e. The maximum Gasteiger partial charge on any atom is 0.268 e. The van der Waals surface area contributed by atoms with E-state index in [1.165, 1.54) is 193 Å². The highest BCUT2D eigenvalue weighted by Gasteiger charge is 2.23. The van der Waals surface area contributed by atoms with Crippen LogP contribution >= 0.6 is 7.82 Å². The maximum absolute atomic E-state index is 13.0. The minimum Gasteiger partial charge on any atom is -0.756 e. The Morgan fingerprint density at radius 3 is 1.35 bits per heavy atom. The lowest BCUT2D eigenvalue weighted by Gasteiger charge is -2.29. The zero-order valence-electron chi connectivity index (χ0n) is 43.7. The van der Waals surface area contributed by atoms with Crippen molar-refractivity contribution in [2.75, 3.05) is 40.9 Å². The molecule has 3 unspecified atom stereocenters. The molecule has 384 valence electrons. The molecular formula is C56H109N2O6P. The molecule has 0 aliphatic heterocycles. The van der Waals surface area contributed by atoms with Crippen molar-refractivity contribution in [1.82, 2.24) is 5.32 Å². The summed E-state index contributed by atoms with van der Waals surface area (Å²) in [7, 11) is 1.27. The summed E-state index contributed by atoms with van der Waals surface area (Å²) in [4.78, 5) is 25.5. The van der Waals surface area contributed by atoms with E-state index in [0.717, 1.165) is 51.4 Å². The summed E-state index contributed by atoms with van der Waals surface area (Å²) >= 11 is 0. The van der Waals surface area contributed by atoms with Crippen LogP contribution in [-0.2, 0) is 18.4 Å². The van der Waals surface area contributed by atoms with E-state index in [9.17, 15) is 19.4 Å². The number of allylic oxidation sites excluding steroid dienone is 5. The van der Waals surface area contributed by atoms with Gasteiger partial charge in [-0.05, 0) is 44.9 Å². The first-order valence-electron chi connectivity index (χ1n) is 27.9. The number of aliphatic hydroxyl groups is 1. The molecule has 0 saturated carbocycles. The Kier molecular flexibility index (Phi) is 46.8. The molecule has 3 atom stereocenters. The van der Waals surface area contributed by atoms with E-state index in [2.05, 4.69) is 43.5 Å². The number of hydrogen-bond donors (Lipinski definition) is 2. The summed E-state index contributed by atoms with van der Waals surface area (Å²) in [5, 5.41) is 13.9. The number of nitrogens with one attached hydrogen (secondary N) is 1. The van der Waals surface area contributed by atoms with Crippen LogP contribution in [0, 0.1) is 0 Å². The van der Waals surface area contributed by atoms with E-state index in [1.54, 1.807) is 6.08 Å². The quantitative estimate of drug-likeness (QED) is 0.0272. The lowest BCUT2D eigenvalue weighted by molar-refractivity contribution is -0.870. The summed E-state index contributed by atoms with van der Waals surface area (Å²) in [5.74, 6) is -0.195. The molecule has 0 rings (SSSR count). The molecule has 0 radical (unpaired) electrons. The Labute approximate surface area is 404 Å². The predicted molar refractivity (Wildman–Crippen MR) is 279 cm³/mol. The molecule has 1 amide bonds. The number of nitrogens with zero attached hydrogens (tertiary/aromatic N) is 1. The largest absolute Gasteiger partial charge is 0.756 e. The van der Waals surface area contributed by atoms with Crippen LogP contribution in [0.1, 0.15) is 264 Å². The number of phosphoric acid groups is 1. The number of carbonyl (C=O) groups is 1. The molecule has 0 aliphatic rings. The summed E-state index contributed by atoms with van der Waals surface area (Å²) in [6.45, 7) is 4.58. The lowest BCUT2D eigenvalue weighted by Crippen LogP contribution is -2.45. The van der Waals surface area contributed by atoms with E-state index in [-0.39, 0.29) is 19.1 Å². The van der Waals surface area contributed by atoms with Crippen LogP contribution in [0.5, 0.6) is 0 Å². The molecule has 65 heavy (non-hydrogen) atoms. The molecule has 0 heterocycles. The van der Waals surface area contributed by atoms with Crippen LogP contribution < -0.4 is 10.2 Å². The Morgan fingerprint density at radius 1 is 0.554 bits per heavy atom. The normalized spacial score (nSPS) is 14.3. The molecule has 8 nitrogen and oxygen atoms in total. The summed E-state index contributed by atoms with van der Waals surface area (Å²) in [6.07, 6.45) is 60.7. The van der Waals surface area contributed by atoms with Gasteiger partial charge in [-0.25, -0.2) is 0 Å². The van der Waals surface area contributed by atoms with E-state index in [4.69, 9.17) is 9.05 Å². The van der Waals surface area contributed by atoms with Gasteiger partial charge in [-0.3, -0.25) is 9.36 Å². The SMILES string of the molecule is CC/C=C\C/C=C\CCCCCCCCCCCCCCCCC(=O)NC(COP(=O)([O-])OCC[N+](C)(C)C)C(O)/C=C/CCCCCCCCCCCCCCCCCCCCCC. The van der Waals surface area contributed by atoms with Gasteiger partial charge in [0.2, 0.25) is 5.91 Å². The van der Waals surface area contributed by atoms with E-state index >= 15 is 0 Å². The highest BCUT2D eigenvalue weighted by Crippen LogP contribution is 2.38. The Bertz CT molecular complexity index is 1150. The zero-order chi connectivity index (χ0) is 47.8. The molecule has 0 aromatic carbocycles. The first-order valence-corrected chi connectivity index (χ1v) is 29.3. The van der Waals surface area contributed by atoms with Crippen molar-refractivity contribution in [1.29, 1.82) is 0 Å². The van der Waals surface area contributed by atoms with Crippen molar-refractivity contribution in [3.05, 3.63) is 36.5 Å². The molecule has 0 fully saturated rings. The number of amides is 1. The van der Waals surface area contributed by atoms with Crippen molar-refractivity contribution < 1.29 is 32.9 Å². The van der Waals surface area contributed by atoms with E-state index in [1.807, 2.05) is 27.2 Å². The Hall–Kier alpha value is -1.28. The van der Waals surface area contributed by atoms with Crippen LogP contribution in [-0.4, -0.2) is 68.5 Å². The average molecular weight is 937 g/mol. The van der Waals surface area contributed by atoms with Crippen LogP contribution in [0.4, 0.5) is 0 Å². The first kappa shape index (κ1) is 63.7. The highest BCUT2D eigenvalue weighted by molar-refractivity contribution is 7.45. The number of aliphatic hydroxyl groups excluding tert-OH is 1. The fourth-order valence-corrected chi connectivity index (χ4v) is 8.97. The Morgan fingerprint density at radius 2 is 0.938 bits per heavy atom. The van der Waals surface area contributed by atoms with Gasteiger partial charge in [0.1, 0.15) is 13.2 Å². The second-order valence-electron chi connectivity index (χ2n) is 20.3. The van der Waals surface area contributed by atoms with Crippen LogP contribution in [0.2, 0.25) is 0 Å². The lowest BCUT2D eigenvalue weighted by atomic mass is 10.0. The van der Waals surface area contributed by atoms with Gasteiger partial charge in [-0.2, -0.15) is 0 Å². The minimum absolute atomic E-state index is 0.0000824. The molecule has 9 heteroatoms. The van der Waals surface area contributed by atoms with Gasteiger partial charge in [0.15, 0.2) is 0 Å². The predicted octanol–water partition coefficient (Wildman–Crippen LogP) is 16.0. The number of unbranched alkanes of at least 4 members (excludes halogenated alkanes) is 34. The summed E-state index contributed by atoms with van der Waals surface area (Å²) in [6, 6.07) is -0.886. The zero-order valence-corrected chi connectivity index (χ0v) is 44.6. The van der Waals surface area contributed by atoms with Crippen molar-refractivity contribution in [2.24, 2.45) is 0 Å². The topological polar surface area (TPSA) is 108 Å². The third-order valence-corrected chi connectivity index (χ3v) is 13.6. The highest BCUT2D eigenvalue weighted by atomic mass is 31.2. The monoisotopic (exact) mass is 937 g/mol. The van der Waals surface area contributed by atoms with Crippen molar-refractivity contribution in [3.63, 3.8) is 0 Å². The van der Waals surface area contributed by atoms with Crippen LogP contribution in [0.25, 0.3) is 0 Å². The summed E-state index contributed by atoms with van der Waals surface area (Å²) in [5.41, 5.74) is 0. The minimum atomic E-state index is -4.59. The molecule has 0 aromatic heterocycles. The third-order valence-electron chi connectivity index (χ3n) is 12.6. The number of likely N-dealkylation sites (N-methyl/N-ethyl adjacent to an activating group) is 1. The third kappa shape index (κ3) is 50.4. The van der Waals surface area contributed by atoms with Gasteiger partial charge < -0.3 is 28.8 Å². The van der Waals surface area contributed by atoms with Gasteiger partial charge in [0.25, 0.3) is 7.82 Å². The Balaban J connectivity index is 4.23. The molecule has 0 saturated heterocycles. The number of phosphoric ester groups is 1. The van der Waals surface area contributed by atoms with Gasteiger partial charge in [0, 0.05) is 6.42 Å². The number of rotatable bonds is 51. The molecule has 0 aromatic rings. The molecule has 0 spiro atoms. The molecule has 0 aliphatic carbocycles. The molecule has 2 N–H and O–H groups in total. The average Bonchev–Trinajstić information content (AvgIpc) is 3.26. The fraction of sp³-hybridized carbons (Fsp3) is 0.875. The fourth-order valence-electron chi connectivity index (χ4n) is 8.25. The van der Waals surface area contributed by atoms with Gasteiger partial charge in [-0.1, -0.05) is 249 Å². The second kappa shape index (κ2) is 47.8. The van der Waals surface area contributed by atoms with Gasteiger partial charge >= 0.3 is 0 Å². The maximum atomic E-state index is 13.0. The number of carbonyl (C=O) groups excluding carboxylic acids is 1. The van der Waals surface area contributed by atoms with Crippen molar-refractivity contribution in [2.45, 2.75) is 276 Å². The number of quaternary nitrogens is 1. The van der Waals surface area contributed by atoms with Crippen molar-refractivity contribution in [3.8, 4) is 0 Å². The van der Waals surface area contributed by atoms with Crippen molar-refractivity contribution >= 4 is 13.7 Å².